The summed E-state index contributed by atoms with van der Waals surface area (Å²) in [7, 11) is 0. The summed E-state index contributed by atoms with van der Waals surface area (Å²) in [5.74, 6) is 2.28. The Morgan fingerprint density at radius 3 is 2.75 bits per heavy atom. The number of fused-ring (bicyclic) bond motifs is 1. The third-order valence-electron chi connectivity index (χ3n) is 4.46. The number of allylic oxidation sites excluding steroid dienone is 1. The minimum Gasteiger partial charge on any atom is -0.392 e. The standard InChI is InChI=1S/C15H24O/c1-9(2)12-6-5-11(4)15-13(12)7-10(3)8-14(15)16/h7,9,12-16H,4-6,8H2,1-3H3/t12-,13+,14-,15-/m1/s1. The Morgan fingerprint density at radius 1 is 1.44 bits per heavy atom. The van der Waals surface area contributed by atoms with E-state index in [1.54, 1.807) is 0 Å². The predicted octanol–water partition coefficient (Wildman–Crippen LogP) is 3.55. The molecule has 0 saturated heterocycles. The zero-order valence-corrected chi connectivity index (χ0v) is 10.7. The number of aliphatic hydroxyl groups excluding tert-OH is 1. The zero-order chi connectivity index (χ0) is 11.9. The van der Waals surface area contributed by atoms with Gasteiger partial charge in [-0.05, 0) is 43.9 Å². The molecule has 1 saturated carbocycles. The number of rotatable bonds is 1. The molecule has 0 aromatic carbocycles. The lowest BCUT2D eigenvalue weighted by molar-refractivity contribution is 0.0502. The van der Waals surface area contributed by atoms with Gasteiger partial charge in [0.2, 0.25) is 0 Å². The van der Waals surface area contributed by atoms with E-state index in [1.807, 2.05) is 0 Å². The second kappa shape index (κ2) is 4.37. The van der Waals surface area contributed by atoms with Crippen LogP contribution in [0.15, 0.2) is 23.8 Å². The van der Waals surface area contributed by atoms with Gasteiger partial charge in [0.1, 0.15) is 0 Å². The van der Waals surface area contributed by atoms with Crippen LogP contribution >= 0.6 is 0 Å². The normalized spacial score (nSPS) is 39.6. The fourth-order valence-corrected chi connectivity index (χ4v) is 3.64. The molecule has 0 aromatic rings. The molecule has 0 aliphatic heterocycles. The second-order valence-corrected chi connectivity index (χ2v) is 5.99. The molecule has 1 heteroatoms. The van der Waals surface area contributed by atoms with Crippen LogP contribution in [0.5, 0.6) is 0 Å². The van der Waals surface area contributed by atoms with Gasteiger partial charge in [-0.3, -0.25) is 0 Å². The molecular formula is C15H24O. The second-order valence-electron chi connectivity index (χ2n) is 5.99. The highest BCUT2D eigenvalue weighted by atomic mass is 16.3. The largest absolute Gasteiger partial charge is 0.392 e. The molecule has 0 heterocycles. The Labute approximate surface area is 99.3 Å². The average Bonchev–Trinajstić information content (AvgIpc) is 2.15. The molecule has 2 aliphatic carbocycles. The maximum atomic E-state index is 10.2. The quantitative estimate of drug-likeness (QED) is 0.670. The fourth-order valence-electron chi connectivity index (χ4n) is 3.64. The summed E-state index contributed by atoms with van der Waals surface area (Å²) in [5, 5.41) is 10.2. The van der Waals surface area contributed by atoms with Gasteiger partial charge in [-0.2, -0.15) is 0 Å². The van der Waals surface area contributed by atoms with Crippen LogP contribution in [0, 0.1) is 23.7 Å². The molecule has 0 bridgehead atoms. The fraction of sp³-hybridized carbons (Fsp3) is 0.733. The van der Waals surface area contributed by atoms with Gasteiger partial charge in [0.05, 0.1) is 6.10 Å². The van der Waals surface area contributed by atoms with Crippen molar-refractivity contribution in [2.75, 3.05) is 0 Å². The molecule has 16 heavy (non-hydrogen) atoms. The van der Waals surface area contributed by atoms with Gasteiger partial charge in [-0.25, -0.2) is 0 Å². The summed E-state index contributed by atoms with van der Waals surface area (Å²) in [6.45, 7) is 10.9. The van der Waals surface area contributed by atoms with Crippen molar-refractivity contribution in [1.82, 2.24) is 0 Å². The molecule has 0 spiro atoms. The van der Waals surface area contributed by atoms with E-state index in [-0.39, 0.29) is 6.10 Å². The van der Waals surface area contributed by atoms with Crippen LogP contribution in [-0.2, 0) is 0 Å². The minimum absolute atomic E-state index is 0.191. The molecule has 4 atom stereocenters. The predicted molar refractivity (Wildman–Crippen MR) is 68.1 cm³/mol. The van der Waals surface area contributed by atoms with E-state index >= 15 is 0 Å². The topological polar surface area (TPSA) is 20.2 Å². The molecule has 0 unspecified atom stereocenters. The van der Waals surface area contributed by atoms with Gasteiger partial charge in [0.25, 0.3) is 0 Å². The first kappa shape index (κ1) is 11.9. The Bertz CT molecular complexity index is 313. The lowest BCUT2D eigenvalue weighted by Crippen LogP contribution is -2.40. The van der Waals surface area contributed by atoms with Crippen molar-refractivity contribution < 1.29 is 5.11 Å². The van der Waals surface area contributed by atoms with Crippen LogP contribution in [0.3, 0.4) is 0 Å². The van der Waals surface area contributed by atoms with Crippen LogP contribution < -0.4 is 0 Å². The first-order chi connectivity index (χ1) is 7.50. The first-order valence-corrected chi connectivity index (χ1v) is 6.53. The molecule has 0 aromatic heterocycles. The third kappa shape index (κ3) is 1.98. The molecule has 2 aliphatic rings. The van der Waals surface area contributed by atoms with Crippen molar-refractivity contribution in [3.05, 3.63) is 23.8 Å². The highest BCUT2D eigenvalue weighted by molar-refractivity contribution is 5.22. The monoisotopic (exact) mass is 220 g/mol. The van der Waals surface area contributed by atoms with Gasteiger partial charge < -0.3 is 5.11 Å². The summed E-state index contributed by atoms with van der Waals surface area (Å²) in [6.07, 6.45) is 5.41. The Kier molecular flexibility index (Phi) is 3.25. The molecule has 0 radical (unpaired) electrons. The highest BCUT2D eigenvalue weighted by Gasteiger charge is 2.41. The maximum absolute atomic E-state index is 10.2. The third-order valence-corrected chi connectivity index (χ3v) is 4.46. The molecule has 2 rings (SSSR count). The van der Waals surface area contributed by atoms with E-state index in [2.05, 4.69) is 33.4 Å². The number of hydrogen-bond acceptors (Lipinski definition) is 1. The van der Waals surface area contributed by atoms with Crippen LogP contribution in [0.4, 0.5) is 0 Å². The average molecular weight is 220 g/mol. The van der Waals surface area contributed by atoms with Crippen molar-refractivity contribution in [2.24, 2.45) is 23.7 Å². The van der Waals surface area contributed by atoms with Crippen molar-refractivity contribution in [3.63, 3.8) is 0 Å². The lowest BCUT2D eigenvalue weighted by atomic mass is 9.61. The number of hydrogen-bond donors (Lipinski definition) is 1. The summed E-state index contributed by atoms with van der Waals surface area (Å²) in [4.78, 5) is 0. The van der Waals surface area contributed by atoms with Gasteiger partial charge in [-0.15, -0.1) is 0 Å². The molecule has 1 nitrogen and oxygen atoms in total. The van der Waals surface area contributed by atoms with Crippen molar-refractivity contribution >= 4 is 0 Å². The van der Waals surface area contributed by atoms with Crippen molar-refractivity contribution in [3.8, 4) is 0 Å². The van der Waals surface area contributed by atoms with Gasteiger partial charge in [0, 0.05) is 5.92 Å². The van der Waals surface area contributed by atoms with Crippen LogP contribution in [0.1, 0.15) is 40.0 Å². The first-order valence-electron chi connectivity index (χ1n) is 6.53. The summed E-state index contributed by atoms with van der Waals surface area (Å²) >= 11 is 0. The maximum Gasteiger partial charge on any atom is 0.0648 e. The number of aliphatic hydroxyl groups is 1. The van der Waals surface area contributed by atoms with Crippen molar-refractivity contribution in [1.29, 1.82) is 0 Å². The SMILES string of the molecule is C=C1CC[C@H](C(C)C)[C@@H]2C=C(C)C[C@@H](O)[C@H]12. The van der Waals surface area contributed by atoms with E-state index in [9.17, 15) is 5.11 Å². The highest BCUT2D eigenvalue weighted by Crippen LogP contribution is 2.47. The zero-order valence-electron chi connectivity index (χ0n) is 10.7. The Hall–Kier alpha value is -0.560. The van der Waals surface area contributed by atoms with Gasteiger partial charge >= 0.3 is 0 Å². The van der Waals surface area contributed by atoms with E-state index in [1.165, 1.54) is 17.6 Å². The lowest BCUT2D eigenvalue weighted by Gasteiger charge is -2.45. The molecule has 0 amide bonds. The van der Waals surface area contributed by atoms with Crippen molar-refractivity contribution in [2.45, 2.75) is 46.1 Å². The van der Waals surface area contributed by atoms with E-state index in [0.29, 0.717) is 17.8 Å². The van der Waals surface area contributed by atoms with Gasteiger partial charge in [0.15, 0.2) is 0 Å². The smallest absolute Gasteiger partial charge is 0.0648 e. The van der Waals surface area contributed by atoms with E-state index in [4.69, 9.17) is 0 Å². The van der Waals surface area contributed by atoms with Gasteiger partial charge in [-0.1, -0.05) is 37.6 Å². The van der Waals surface area contributed by atoms with Crippen LogP contribution in [-0.4, -0.2) is 11.2 Å². The summed E-state index contributed by atoms with van der Waals surface area (Å²) < 4.78 is 0. The molecule has 90 valence electrons. The molecule has 1 fully saturated rings. The molecule has 1 N–H and O–H groups in total. The summed E-state index contributed by atoms with van der Waals surface area (Å²) in [6, 6.07) is 0. The Balaban J connectivity index is 2.31. The van der Waals surface area contributed by atoms with Crippen LogP contribution in [0.2, 0.25) is 0 Å². The minimum atomic E-state index is -0.191. The summed E-state index contributed by atoms with van der Waals surface area (Å²) in [5.41, 5.74) is 2.63. The molecular weight excluding hydrogens is 196 g/mol. The van der Waals surface area contributed by atoms with E-state index < -0.39 is 0 Å². The Morgan fingerprint density at radius 2 is 2.12 bits per heavy atom. The van der Waals surface area contributed by atoms with E-state index in [0.717, 1.165) is 18.8 Å². The van der Waals surface area contributed by atoms with Crippen LogP contribution in [0.25, 0.3) is 0 Å².